The molecule has 3 heterocycles. The molecule has 4 rings (SSSR count). The molecule has 0 unspecified atom stereocenters. The molecule has 0 aliphatic rings. The third kappa shape index (κ3) is 5.53. The van der Waals surface area contributed by atoms with Crippen molar-refractivity contribution >= 4 is 43.4 Å². The topological polar surface area (TPSA) is 140 Å². The molecular formula is C22H21FN6O3S2. The molecule has 4 aromatic rings. The van der Waals surface area contributed by atoms with E-state index in [9.17, 15) is 17.6 Å². The number of carbonyl (C=O) groups is 1. The molecule has 1 amide bonds. The first-order valence-electron chi connectivity index (χ1n) is 10.2. The lowest BCUT2D eigenvalue weighted by atomic mass is 10.1. The van der Waals surface area contributed by atoms with Gasteiger partial charge in [0.05, 0.1) is 27.4 Å². The summed E-state index contributed by atoms with van der Waals surface area (Å²) in [4.78, 5) is 25.7. The molecule has 0 saturated carbocycles. The van der Waals surface area contributed by atoms with E-state index in [0.29, 0.717) is 28.7 Å². The number of nitrogens with two attached hydrogens (primary N) is 1. The average molecular weight is 501 g/mol. The Morgan fingerprint density at radius 1 is 1.18 bits per heavy atom. The minimum atomic E-state index is -3.75. The van der Waals surface area contributed by atoms with Gasteiger partial charge in [-0.3, -0.25) is 9.78 Å². The number of primary sulfonamides is 1. The summed E-state index contributed by atoms with van der Waals surface area (Å²) in [5.41, 5.74) is 2.32. The molecule has 1 aromatic carbocycles. The van der Waals surface area contributed by atoms with E-state index in [1.165, 1.54) is 29.5 Å². The second-order valence-corrected chi connectivity index (χ2v) is 10.0. The van der Waals surface area contributed by atoms with E-state index < -0.39 is 15.8 Å². The number of halogens is 1. The van der Waals surface area contributed by atoms with Crippen LogP contribution in [0.15, 0.2) is 59.1 Å². The number of thiophene rings is 1. The Kier molecular flexibility index (Phi) is 6.82. The molecule has 0 radical (unpaired) electrons. The van der Waals surface area contributed by atoms with Crippen molar-refractivity contribution in [2.75, 3.05) is 11.9 Å². The fraction of sp³-hybridized carbons (Fsp3) is 0.182. The molecule has 12 heteroatoms. The van der Waals surface area contributed by atoms with Crippen LogP contribution < -0.4 is 15.8 Å². The Labute approximate surface area is 199 Å². The van der Waals surface area contributed by atoms with Crippen LogP contribution >= 0.6 is 11.3 Å². The lowest BCUT2D eigenvalue weighted by molar-refractivity contribution is 0.0951. The Morgan fingerprint density at radius 3 is 2.65 bits per heavy atom. The van der Waals surface area contributed by atoms with Crippen LogP contribution in [0.4, 0.5) is 10.3 Å². The number of sulfonamides is 1. The van der Waals surface area contributed by atoms with Crippen molar-refractivity contribution < 1.29 is 17.6 Å². The molecule has 0 spiro atoms. The maximum atomic E-state index is 13.5. The number of hydrogen-bond acceptors (Lipinski definition) is 8. The Bertz CT molecular complexity index is 1440. The number of hydrogen-bond donors (Lipinski definition) is 3. The highest BCUT2D eigenvalue weighted by Crippen LogP contribution is 2.25. The molecule has 4 N–H and O–H groups in total. The monoisotopic (exact) mass is 500 g/mol. The van der Waals surface area contributed by atoms with Gasteiger partial charge in [-0.1, -0.05) is 12.1 Å². The number of benzene rings is 1. The van der Waals surface area contributed by atoms with Gasteiger partial charge in [0.15, 0.2) is 5.69 Å². The van der Waals surface area contributed by atoms with E-state index in [2.05, 4.69) is 25.6 Å². The third-order valence-electron chi connectivity index (χ3n) is 5.04. The lowest BCUT2D eigenvalue weighted by Gasteiger charge is -2.15. The minimum absolute atomic E-state index is 0.0321. The number of nitrogens with zero attached hydrogens (tertiary/aromatic N) is 3. The normalized spacial score (nSPS) is 12.4. The van der Waals surface area contributed by atoms with Gasteiger partial charge >= 0.3 is 0 Å². The number of amides is 1. The van der Waals surface area contributed by atoms with Gasteiger partial charge in [0.2, 0.25) is 16.0 Å². The van der Waals surface area contributed by atoms with Gasteiger partial charge in [0.1, 0.15) is 5.82 Å². The summed E-state index contributed by atoms with van der Waals surface area (Å²) < 4.78 is 36.9. The van der Waals surface area contributed by atoms with Gasteiger partial charge in [-0.15, -0.1) is 11.3 Å². The summed E-state index contributed by atoms with van der Waals surface area (Å²) in [5, 5.41) is 12.9. The van der Waals surface area contributed by atoms with E-state index in [0.717, 1.165) is 11.8 Å². The van der Waals surface area contributed by atoms with Crippen LogP contribution in [0, 0.1) is 5.82 Å². The molecule has 34 heavy (non-hydrogen) atoms. The Hall–Kier alpha value is -3.48. The largest absolute Gasteiger partial charge is 0.350 e. The summed E-state index contributed by atoms with van der Waals surface area (Å²) >= 11 is 1.36. The fourth-order valence-electron chi connectivity index (χ4n) is 3.27. The SMILES string of the molecule is C[C@H](Nc1nc(C(=O)NCCc2ccc(S(N)(=O)=O)cc2)c2sccc2n1)c1cncc(F)c1. The van der Waals surface area contributed by atoms with Crippen LogP contribution in [0.5, 0.6) is 0 Å². The van der Waals surface area contributed by atoms with Gasteiger partial charge in [-0.25, -0.2) is 27.9 Å². The van der Waals surface area contributed by atoms with Crippen LogP contribution in [0.3, 0.4) is 0 Å². The second kappa shape index (κ2) is 9.79. The van der Waals surface area contributed by atoms with Gasteiger partial charge < -0.3 is 10.6 Å². The van der Waals surface area contributed by atoms with Crippen molar-refractivity contribution in [2.24, 2.45) is 5.14 Å². The van der Waals surface area contributed by atoms with Gasteiger partial charge in [-0.05, 0) is 54.1 Å². The zero-order chi connectivity index (χ0) is 24.3. The molecule has 0 fully saturated rings. The highest BCUT2D eigenvalue weighted by molar-refractivity contribution is 7.89. The van der Waals surface area contributed by atoms with E-state index in [1.807, 2.05) is 12.3 Å². The number of pyridine rings is 1. The molecule has 176 valence electrons. The summed E-state index contributed by atoms with van der Waals surface area (Å²) in [6.07, 6.45) is 3.16. The molecule has 0 saturated heterocycles. The number of carbonyl (C=O) groups excluding carboxylic acids is 1. The van der Waals surface area contributed by atoms with Crippen LogP contribution in [0.2, 0.25) is 0 Å². The predicted molar refractivity (Wildman–Crippen MR) is 128 cm³/mol. The van der Waals surface area contributed by atoms with Gasteiger partial charge in [0, 0.05) is 12.7 Å². The molecule has 0 bridgehead atoms. The van der Waals surface area contributed by atoms with E-state index in [-0.39, 0.29) is 28.5 Å². The quantitative estimate of drug-likeness (QED) is 0.338. The highest BCUT2D eigenvalue weighted by Gasteiger charge is 2.18. The molecule has 0 aliphatic heterocycles. The number of rotatable bonds is 8. The van der Waals surface area contributed by atoms with Crippen molar-refractivity contribution in [2.45, 2.75) is 24.3 Å². The first-order valence-corrected chi connectivity index (χ1v) is 12.7. The number of aromatic nitrogens is 3. The van der Waals surface area contributed by atoms with Crippen LogP contribution in [-0.4, -0.2) is 35.8 Å². The standard InChI is InChI=1S/C22H21FN6O3S2/c1-13(15-10-16(23)12-25-11-15)27-22-28-18-7-9-33-20(18)19(29-22)21(30)26-8-6-14-2-4-17(5-3-14)34(24,31)32/h2-5,7,9-13H,6,8H2,1H3,(H,26,30)(H2,24,31,32)(H,27,28,29)/t13-/m0/s1. The van der Waals surface area contributed by atoms with Gasteiger partial charge in [-0.2, -0.15) is 0 Å². The summed E-state index contributed by atoms with van der Waals surface area (Å²) in [5.74, 6) is -0.565. The molecule has 3 aromatic heterocycles. The molecule has 0 aliphatic carbocycles. The summed E-state index contributed by atoms with van der Waals surface area (Å²) in [6, 6.07) is 8.99. The number of anilines is 1. The first-order chi connectivity index (χ1) is 16.2. The maximum absolute atomic E-state index is 13.5. The molecule has 9 nitrogen and oxygen atoms in total. The minimum Gasteiger partial charge on any atom is -0.350 e. The number of fused-ring (bicyclic) bond motifs is 1. The van der Waals surface area contributed by atoms with Crippen LogP contribution in [0.25, 0.3) is 10.2 Å². The van der Waals surface area contributed by atoms with E-state index in [4.69, 9.17) is 5.14 Å². The van der Waals surface area contributed by atoms with E-state index >= 15 is 0 Å². The van der Waals surface area contributed by atoms with Crippen molar-refractivity contribution in [3.8, 4) is 0 Å². The smallest absolute Gasteiger partial charge is 0.271 e. The van der Waals surface area contributed by atoms with Crippen molar-refractivity contribution in [3.63, 3.8) is 0 Å². The Morgan fingerprint density at radius 2 is 1.94 bits per heavy atom. The lowest BCUT2D eigenvalue weighted by Crippen LogP contribution is -2.27. The van der Waals surface area contributed by atoms with Crippen LogP contribution in [-0.2, 0) is 16.4 Å². The average Bonchev–Trinajstić information content (AvgIpc) is 3.27. The maximum Gasteiger partial charge on any atom is 0.271 e. The Balaban J connectivity index is 1.46. The van der Waals surface area contributed by atoms with Crippen molar-refractivity contribution in [1.82, 2.24) is 20.3 Å². The fourth-order valence-corrected chi connectivity index (χ4v) is 4.61. The zero-order valence-electron chi connectivity index (χ0n) is 18.0. The van der Waals surface area contributed by atoms with Crippen molar-refractivity contribution in [1.29, 1.82) is 0 Å². The summed E-state index contributed by atoms with van der Waals surface area (Å²) in [6.45, 7) is 2.14. The predicted octanol–water partition coefficient (Wildman–Crippen LogP) is 3.02. The second-order valence-electron chi connectivity index (χ2n) is 7.53. The number of nitrogens with one attached hydrogen (secondary N) is 2. The van der Waals surface area contributed by atoms with Crippen molar-refractivity contribution in [3.05, 3.63) is 76.8 Å². The zero-order valence-corrected chi connectivity index (χ0v) is 19.7. The molecular weight excluding hydrogens is 479 g/mol. The van der Waals surface area contributed by atoms with Gasteiger partial charge in [0.25, 0.3) is 5.91 Å². The summed E-state index contributed by atoms with van der Waals surface area (Å²) in [7, 11) is -3.75. The van der Waals surface area contributed by atoms with E-state index in [1.54, 1.807) is 24.4 Å². The van der Waals surface area contributed by atoms with Crippen LogP contribution in [0.1, 0.15) is 34.6 Å². The third-order valence-corrected chi connectivity index (χ3v) is 6.88. The molecule has 1 atom stereocenters. The first kappa shape index (κ1) is 23.7. The highest BCUT2D eigenvalue weighted by atomic mass is 32.2.